The van der Waals surface area contributed by atoms with Crippen LogP contribution in [0.5, 0.6) is 0 Å². The Labute approximate surface area is 237 Å². The first-order valence-electron chi connectivity index (χ1n) is 11.9. The van der Waals surface area contributed by atoms with Crippen LogP contribution in [0, 0.1) is 11.6 Å². The van der Waals surface area contributed by atoms with Crippen LogP contribution in [0.1, 0.15) is 24.2 Å². The normalized spacial score (nSPS) is 12.7. The second-order valence-electron chi connectivity index (χ2n) is 9.21. The standard InChI is InChI=1S/C26H24F2N6O3S3/c1-13(35)29-20(10-14-8-15(27)11-16(28)9-14)22-19(12-21-25(30-22)31-26(38-3)39-21)17-6-5-7-18-23(17)34(2)32-24(18)33-40(4,36)37/h5-9,11-12,20H,10H2,1-4H3,(H,29,35)(H,32,33)/t20-/m0/s1. The molecule has 3 heterocycles. The van der Waals surface area contributed by atoms with Gasteiger partial charge in [0.05, 0.1) is 28.2 Å². The lowest BCUT2D eigenvalue weighted by molar-refractivity contribution is -0.119. The highest BCUT2D eigenvalue weighted by atomic mass is 32.2. The van der Waals surface area contributed by atoms with Gasteiger partial charge in [-0.15, -0.1) is 11.3 Å². The summed E-state index contributed by atoms with van der Waals surface area (Å²) in [5.74, 6) is -1.63. The van der Waals surface area contributed by atoms with Crippen LogP contribution in [0.2, 0.25) is 0 Å². The third-order valence-electron chi connectivity index (χ3n) is 6.07. The molecule has 208 valence electrons. The van der Waals surface area contributed by atoms with Crippen LogP contribution in [0.25, 0.3) is 32.4 Å². The van der Waals surface area contributed by atoms with Gasteiger partial charge >= 0.3 is 0 Å². The first-order chi connectivity index (χ1) is 18.9. The number of hydrogen-bond donors (Lipinski definition) is 2. The monoisotopic (exact) mass is 602 g/mol. The molecule has 0 bridgehead atoms. The van der Waals surface area contributed by atoms with E-state index in [9.17, 15) is 22.0 Å². The summed E-state index contributed by atoms with van der Waals surface area (Å²) in [6, 6.07) is 9.75. The van der Waals surface area contributed by atoms with Gasteiger partial charge in [0.15, 0.2) is 15.8 Å². The van der Waals surface area contributed by atoms with Gasteiger partial charge in [-0.2, -0.15) is 5.10 Å². The molecule has 0 aliphatic carbocycles. The number of thioether (sulfide) groups is 1. The Kier molecular flexibility index (Phi) is 7.50. The number of nitrogens with zero attached hydrogens (tertiary/aromatic N) is 4. The molecule has 2 N–H and O–H groups in total. The number of aromatic nitrogens is 4. The number of rotatable bonds is 8. The molecule has 0 unspecified atom stereocenters. The number of pyridine rings is 1. The van der Waals surface area contributed by atoms with E-state index in [1.54, 1.807) is 23.9 Å². The summed E-state index contributed by atoms with van der Waals surface area (Å²) < 4.78 is 57.7. The van der Waals surface area contributed by atoms with Crippen LogP contribution in [-0.2, 0) is 28.3 Å². The summed E-state index contributed by atoms with van der Waals surface area (Å²) in [4.78, 5) is 21.8. The number of benzene rings is 2. The van der Waals surface area contributed by atoms with Gasteiger partial charge in [-0.25, -0.2) is 27.2 Å². The number of para-hydroxylation sites is 1. The molecular weight excluding hydrogens is 579 g/mol. The number of sulfonamides is 1. The molecule has 0 radical (unpaired) electrons. The molecular formula is C26H24F2N6O3S3. The number of amides is 1. The first kappa shape index (κ1) is 27.9. The van der Waals surface area contributed by atoms with Crippen LogP contribution in [-0.4, -0.2) is 46.6 Å². The summed E-state index contributed by atoms with van der Waals surface area (Å²) in [6.07, 6.45) is 3.01. The first-order valence-corrected chi connectivity index (χ1v) is 15.9. The molecule has 0 fully saturated rings. The van der Waals surface area contributed by atoms with Crippen molar-refractivity contribution in [1.82, 2.24) is 25.1 Å². The highest BCUT2D eigenvalue weighted by molar-refractivity contribution is 8.00. The van der Waals surface area contributed by atoms with Crippen molar-refractivity contribution >= 4 is 66.1 Å². The molecule has 0 saturated heterocycles. The number of thiazole rings is 1. The van der Waals surface area contributed by atoms with Crippen molar-refractivity contribution in [3.05, 3.63) is 65.4 Å². The van der Waals surface area contributed by atoms with Gasteiger partial charge in [0, 0.05) is 36.6 Å². The topological polar surface area (TPSA) is 119 Å². The molecule has 1 amide bonds. The summed E-state index contributed by atoms with van der Waals surface area (Å²) in [5.41, 5.74) is 3.20. The third kappa shape index (κ3) is 5.78. The summed E-state index contributed by atoms with van der Waals surface area (Å²) >= 11 is 2.94. The molecule has 5 aromatic rings. The maximum Gasteiger partial charge on any atom is 0.231 e. The van der Waals surface area contributed by atoms with Crippen molar-refractivity contribution in [3.8, 4) is 11.1 Å². The SMILES string of the molecule is CSc1nc2nc([C@H](Cc3cc(F)cc(F)c3)NC(C)=O)c(-c3cccc4c(NS(C)(=O)=O)nn(C)c34)cc2s1. The zero-order valence-electron chi connectivity index (χ0n) is 21.8. The van der Waals surface area contributed by atoms with E-state index < -0.39 is 27.7 Å². The summed E-state index contributed by atoms with van der Waals surface area (Å²) in [5, 5.41) is 7.84. The van der Waals surface area contributed by atoms with E-state index in [2.05, 4.69) is 20.1 Å². The molecule has 1 atom stereocenters. The molecule has 3 aromatic heterocycles. The Balaban J connectivity index is 1.77. The van der Waals surface area contributed by atoms with Crippen LogP contribution < -0.4 is 10.0 Å². The molecule has 14 heteroatoms. The fourth-order valence-electron chi connectivity index (χ4n) is 4.66. The Morgan fingerprint density at radius 1 is 1.12 bits per heavy atom. The quantitative estimate of drug-likeness (QED) is 0.239. The highest BCUT2D eigenvalue weighted by Gasteiger charge is 2.25. The Hall–Kier alpha value is -3.62. The van der Waals surface area contributed by atoms with Crippen LogP contribution in [0.4, 0.5) is 14.6 Å². The van der Waals surface area contributed by atoms with E-state index >= 15 is 0 Å². The van der Waals surface area contributed by atoms with E-state index in [-0.39, 0.29) is 18.1 Å². The zero-order valence-corrected chi connectivity index (χ0v) is 24.3. The van der Waals surface area contributed by atoms with Crippen LogP contribution in [0.15, 0.2) is 46.8 Å². The van der Waals surface area contributed by atoms with Crippen molar-refractivity contribution < 1.29 is 22.0 Å². The van der Waals surface area contributed by atoms with Gasteiger partial charge in [-0.1, -0.05) is 23.9 Å². The van der Waals surface area contributed by atoms with E-state index in [1.807, 2.05) is 18.4 Å². The molecule has 0 aliphatic heterocycles. The fourth-order valence-corrected chi connectivity index (χ4v) is 6.62. The van der Waals surface area contributed by atoms with Crippen molar-refractivity contribution in [2.75, 3.05) is 17.2 Å². The molecule has 0 aliphatic rings. The molecule has 9 nitrogen and oxygen atoms in total. The van der Waals surface area contributed by atoms with Gasteiger partial charge in [-0.05, 0) is 42.5 Å². The number of halogens is 2. The largest absolute Gasteiger partial charge is 0.348 e. The maximum absolute atomic E-state index is 14.1. The van der Waals surface area contributed by atoms with Crippen molar-refractivity contribution in [2.24, 2.45) is 7.05 Å². The lowest BCUT2D eigenvalue weighted by Crippen LogP contribution is -2.29. The number of carbonyl (C=O) groups is 1. The second kappa shape index (κ2) is 10.7. The van der Waals surface area contributed by atoms with Crippen molar-refractivity contribution in [3.63, 3.8) is 0 Å². The summed E-state index contributed by atoms with van der Waals surface area (Å²) in [7, 11) is -1.90. The van der Waals surface area contributed by atoms with E-state index in [4.69, 9.17) is 4.98 Å². The molecule has 0 saturated carbocycles. The minimum atomic E-state index is -3.59. The second-order valence-corrected chi connectivity index (χ2v) is 13.0. The Morgan fingerprint density at radius 2 is 1.85 bits per heavy atom. The number of anilines is 1. The minimum absolute atomic E-state index is 0.0571. The zero-order chi connectivity index (χ0) is 28.8. The Bertz CT molecular complexity index is 1870. The highest BCUT2D eigenvalue weighted by Crippen LogP contribution is 2.39. The lowest BCUT2D eigenvalue weighted by atomic mass is 9.94. The fraction of sp³-hybridized carbons (Fsp3) is 0.231. The number of fused-ring (bicyclic) bond motifs is 2. The molecule has 5 rings (SSSR count). The van der Waals surface area contributed by atoms with Gasteiger partial charge in [0.2, 0.25) is 15.9 Å². The number of carbonyl (C=O) groups excluding carboxylic acids is 1. The van der Waals surface area contributed by atoms with Crippen LogP contribution in [0.3, 0.4) is 0 Å². The van der Waals surface area contributed by atoms with E-state index in [0.717, 1.165) is 21.4 Å². The Morgan fingerprint density at radius 3 is 2.50 bits per heavy atom. The molecule has 0 spiro atoms. The van der Waals surface area contributed by atoms with Gasteiger partial charge < -0.3 is 5.32 Å². The average molecular weight is 603 g/mol. The van der Waals surface area contributed by atoms with E-state index in [0.29, 0.717) is 38.9 Å². The predicted octanol–water partition coefficient (Wildman–Crippen LogP) is 5.04. The lowest BCUT2D eigenvalue weighted by Gasteiger charge is -2.21. The predicted molar refractivity (Wildman–Crippen MR) is 154 cm³/mol. The maximum atomic E-state index is 14.1. The molecule has 40 heavy (non-hydrogen) atoms. The van der Waals surface area contributed by atoms with Crippen molar-refractivity contribution in [2.45, 2.75) is 23.7 Å². The van der Waals surface area contributed by atoms with Gasteiger partial charge in [0.25, 0.3) is 0 Å². The van der Waals surface area contributed by atoms with Gasteiger partial charge in [-0.3, -0.25) is 14.2 Å². The summed E-state index contributed by atoms with van der Waals surface area (Å²) in [6.45, 7) is 1.36. The van der Waals surface area contributed by atoms with E-state index in [1.165, 1.54) is 42.2 Å². The average Bonchev–Trinajstić information content (AvgIpc) is 3.40. The van der Waals surface area contributed by atoms with Gasteiger partial charge in [0.1, 0.15) is 11.6 Å². The number of nitrogens with one attached hydrogen (secondary N) is 2. The molecule has 2 aromatic carbocycles. The minimum Gasteiger partial charge on any atom is -0.348 e. The smallest absolute Gasteiger partial charge is 0.231 e. The number of hydrogen-bond acceptors (Lipinski definition) is 8. The number of aryl methyl sites for hydroxylation is 1. The van der Waals surface area contributed by atoms with Crippen molar-refractivity contribution in [1.29, 1.82) is 0 Å². The third-order valence-corrected chi connectivity index (χ3v) is 8.61. The van der Waals surface area contributed by atoms with Crippen LogP contribution >= 0.6 is 23.1 Å².